The molecule has 0 saturated carbocycles. The average molecular weight is 332 g/mol. The van der Waals surface area contributed by atoms with Gasteiger partial charge in [-0.2, -0.15) is 0 Å². The lowest BCUT2D eigenvalue weighted by molar-refractivity contribution is 0.386. The number of rotatable bonds is 6. The van der Waals surface area contributed by atoms with Crippen molar-refractivity contribution < 1.29 is 16.8 Å². The van der Waals surface area contributed by atoms with E-state index in [1.807, 2.05) is 6.07 Å². The Balaban J connectivity index is 1.85. The molecule has 8 heteroatoms. The highest BCUT2D eigenvalue weighted by molar-refractivity contribution is 7.89. The van der Waals surface area contributed by atoms with Crippen molar-refractivity contribution in [2.75, 3.05) is 25.4 Å². The number of hydrogen-bond donors (Lipinski definition) is 1. The van der Waals surface area contributed by atoms with Gasteiger partial charge in [0.25, 0.3) is 0 Å². The number of sulfonamides is 2. The molecule has 1 N–H and O–H groups in total. The smallest absolute Gasteiger partial charge is 0.214 e. The van der Waals surface area contributed by atoms with Crippen molar-refractivity contribution >= 4 is 20.0 Å². The Kier molecular flexibility index (Phi) is 5.37. The van der Waals surface area contributed by atoms with Gasteiger partial charge in [0.1, 0.15) is 0 Å². The Morgan fingerprint density at radius 3 is 2.52 bits per heavy atom. The third kappa shape index (κ3) is 5.06. The van der Waals surface area contributed by atoms with Gasteiger partial charge in [0.05, 0.1) is 11.5 Å². The summed E-state index contributed by atoms with van der Waals surface area (Å²) in [6.45, 7) is 0.771. The minimum Gasteiger partial charge on any atom is -0.214 e. The molecule has 0 aromatic heterocycles. The van der Waals surface area contributed by atoms with Crippen molar-refractivity contribution in [1.82, 2.24) is 9.03 Å². The third-order valence-electron chi connectivity index (χ3n) is 3.34. The molecule has 0 unspecified atom stereocenters. The zero-order chi connectivity index (χ0) is 15.3. The molecule has 0 bridgehead atoms. The standard InChI is InChI=1S/C13H20N2O4S2/c16-20(17,12-13-6-2-1-3-7-13)14-8-10-15-9-4-5-11-21(15,18)19/h1-3,6-7,14H,4-5,8-12H2. The van der Waals surface area contributed by atoms with Crippen LogP contribution in [0.2, 0.25) is 0 Å². The molecule has 2 rings (SSSR count). The molecular formula is C13H20N2O4S2. The number of benzene rings is 1. The van der Waals surface area contributed by atoms with Gasteiger partial charge in [-0.1, -0.05) is 30.3 Å². The summed E-state index contributed by atoms with van der Waals surface area (Å²) in [6.07, 6.45) is 1.51. The van der Waals surface area contributed by atoms with Crippen molar-refractivity contribution in [1.29, 1.82) is 0 Å². The molecule has 1 aliphatic rings. The second-order valence-electron chi connectivity index (χ2n) is 5.06. The van der Waals surface area contributed by atoms with Crippen molar-refractivity contribution in [3.8, 4) is 0 Å². The molecule has 0 spiro atoms. The molecular weight excluding hydrogens is 312 g/mol. The molecule has 0 aliphatic carbocycles. The monoisotopic (exact) mass is 332 g/mol. The predicted molar refractivity (Wildman–Crippen MR) is 81.7 cm³/mol. The van der Waals surface area contributed by atoms with E-state index in [1.54, 1.807) is 24.3 Å². The summed E-state index contributed by atoms with van der Waals surface area (Å²) in [5.74, 6) is 0.0599. The second-order valence-corrected chi connectivity index (χ2v) is 8.96. The first-order chi connectivity index (χ1) is 9.89. The van der Waals surface area contributed by atoms with Crippen LogP contribution in [0.1, 0.15) is 18.4 Å². The molecule has 1 heterocycles. The first kappa shape index (κ1) is 16.4. The van der Waals surface area contributed by atoms with Gasteiger partial charge in [-0.05, 0) is 18.4 Å². The first-order valence-corrected chi connectivity index (χ1v) is 10.1. The molecule has 1 fully saturated rings. The lowest BCUT2D eigenvalue weighted by Gasteiger charge is -2.26. The fourth-order valence-corrected chi connectivity index (χ4v) is 5.00. The second kappa shape index (κ2) is 6.87. The highest BCUT2D eigenvalue weighted by Crippen LogP contribution is 2.12. The highest BCUT2D eigenvalue weighted by atomic mass is 32.2. The first-order valence-electron chi connectivity index (χ1n) is 6.88. The van der Waals surface area contributed by atoms with Gasteiger partial charge in [-0.3, -0.25) is 0 Å². The summed E-state index contributed by atoms with van der Waals surface area (Å²) in [5.41, 5.74) is 0.704. The molecule has 1 aromatic carbocycles. The van der Waals surface area contributed by atoms with Gasteiger partial charge in [-0.25, -0.2) is 25.9 Å². The van der Waals surface area contributed by atoms with Crippen molar-refractivity contribution in [3.63, 3.8) is 0 Å². The Hall–Kier alpha value is -0.960. The SMILES string of the molecule is O=S(=O)(Cc1ccccc1)NCCN1CCCCS1(=O)=O. The normalized spacial score (nSPS) is 19.4. The van der Waals surface area contributed by atoms with E-state index in [-0.39, 0.29) is 24.6 Å². The maximum Gasteiger partial charge on any atom is 0.215 e. The van der Waals surface area contributed by atoms with Crippen LogP contribution in [0.15, 0.2) is 30.3 Å². The zero-order valence-corrected chi connectivity index (χ0v) is 13.4. The number of hydrogen-bond acceptors (Lipinski definition) is 4. The Morgan fingerprint density at radius 2 is 1.86 bits per heavy atom. The summed E-state index contributed by atoms with van der Waals surface area (Å²) in [4.78, 5) is 0. The van der Waals surface area contributed by atoms with Crippen LogP contribution in [0.4, 0.5) is 0 Å². The summed E-state index contributed by atoms with van der Waals surface area (Å²) >= 11 is 0. The maximum atomic E-state index is 11.9. The lowest BCUT2D eigenvalue weighted by Crippen LogP contribution is -2.42. The quantitative estimate of drug-likeness (QED) is 0.824. The van der Waals surface area contributed by atoms with Gasteiger partial charge in [0.15, 0.2) is 0 Å². The summed E-state index contributed by atoms with van der Waals surface area (Å²) in [7, 11) is -6.65. The van der Waals surface area contributed by atoms with Crippen LogP contribution in [0.3, 0.4) is 0 Å². The van der Waals surface area contributed by atoms with E-state index in [4.69, 9.17) is 0 Å². The van der Waals surface area contributed by atoms with E-state index in [9.17, 15) is 16.8 Å². The van der Waals surface area contributed by atoms with Crippen molar-refractivity contribution in [2.45, 2.75) is 18.6 Å². The van der Waals surface area contributed by atoms with Crippen LogP contribution >= 0.6 is 0 Å². The van der Waals surface area contributed by atoms with Crippen LogP contribution in [-0.4, -0.2) is 46.5 Å². The predicted octanol–water partition coefficient (Wildman–Crippen LogP) is 0.532. The van der Waals surface area contributed by atoms with Crippen LogP contribution < -0.4 is 4.72 Å². The molecule has 1 saturated heterocycles. The fraction of sp³-hybridized carbons (Fsp3) is 0.538. The van der Waals surface area contributed by atoms with Gasteiger partial charge in [-0.15, -0.1) is 0 Å². The Labute approximate surface area is 126 Å². The lowest BCUT2D eigenvalue weighted by atomic mass is 10.2. The zero-order valence-electron chi connectivity index (χ0n) is 11.7. The topological polar surface area (TPSA) is 83.6 Å². The van der Waals surface area contributed by atoms with E-state index in [0.29, 0.717) is 18.5 Å². The largest absolute Gasteiger partial charge is 0.215 e. The molecule has 0 atom stereocenters. The van der Waals surface area contributed by atoms with E-state index in [2.05, 4.69) is 4.72 Å². The van der Waals surface area contributed by atoms with E-state index < -0.39 is 20.0 Å². The minimum atomic E-state index is -3.44. The molecule has 118 valence electrons. The summed E-state index contributed by atoms with van der Waals surface area (Å²) in [5, 5.41) is 0. The van der Waals surface area contributed by atoms with Crippen LogP contribution in [-0.2, 0) is 25.8 Å². The average Bonchev–Trinajstić information content (AvgIpc) is 2.41. The molecule has 6 nitrogen and oxygen atoms in total. The molecule has 0 amide bonds. The van der Waals surface area contributed by atoms with Crippen LogP contribution in [0.25, 0.3) is 0 Å². The van der Waals surface area contributed by atoms with Crippen LogP contribution in [0.5, 0.6) is 0 Å². The van der Waals surface area contributed by atoms with Crippen molar-refractivity contribution in [2.24, 2.45) is 0 Å². The van der Waals surface area contributed by atoms with Gasteiger partial charge in [0.2, 0.25) is 20.0 Å². The van der Waals surface area contributed by atoms with Gasteiger partial charge >= 0.3 is 0 Å². The maximum absolute atomic E-state index is 11.9. The summed E-state index contributed by atoms with van der Waals surface area (Å²) < 4.78 is 51.2. The minimum absolute atomic E-state index is 0.0966. The fourth-order valence-electron chi connectivity index (χ4n) is 2.26. The number of nitrogens with zero attached hydrogens (tertiary/aromatic N) is 1. The number of nitrogens with one attached hydrogen (secondary N) is 1. The third-order valence-corrected chi connectivity index (χ3v) is 6.65. The van der Waals surface area contributed by atoms with Crippen molar-refractivity contribution in [3.05, 3.63) is 35.9 Å². The van der Waals surface area contributed by atoms with Gasteiger partial charge in [0, 0.05) is 19.6 Å². The Morgan fingerprint density at radius 1 is 1.14 bits per heavy atom. The molecule has 0 radical (unpaired) electrons. The van der Waals surface area contributed by atoms with E-state index in [0.717, 1.165) is 6.42 Å². The highest BCUT2D eigenvalue weighted by Gasteiger charge is 2.25. The van der Waals surface area contributed by atoms with Gasteiger partial charge < -0.3 is 0 Å². The van der Waals surface area contributed by atoms with E-state index >= 15 is 0 Å². The Bertz CT molecular complexity index is 657. The molecule has 21 heavy (non-hydrogen) atoms. The molecule has 1 aromatic rings. The molecule has 1 aliphatic heterocycles. The summed E-state index contributed by atoms with van der Waals surface area (Å²) in [6, 6.07) is 8.88. The van der Waals surface area contributed by atoms with E-state index in [1.165, 1.54) is 4.31 Å². The van der Waals surface area contributed by atoms with Crippen LogP contribution in [0, 0.1) is 0 Å².